The van der Waals surface area contributed by atoms with Gasteiger partial charge < -0.3 is 10.1 Å². The lowest BCUT2D eigenvalue weighted by Gasteiger charge is -2.26. The maximum absolute atomic E-state index is 12.9. The molecule has 1 aliphatic heterocycles. The smallest absolute Gasteiger partial charge is 0.243 e. The number of piperidine rings is 1. The van der Waals surface area contributed by atoms with Gasteiger partial charge in [0.05, 0.1) is 24.1 Å². The number of thiophene rings is 1. The minimum atomic E-state index is -3.57. The lowest BCUT2D eigenvalue weighted by molar-refractivity contribution is -0.115. The molecular formula is C18H22N2O4S2. The maximum atomic E-state index is 12.9. The van der Waals surface area contributed by atoms with Crippen molar-refractivity contribution in [3.63, 3.8) is 0 Å². The van der Waals surface area contributed by atoms with Gasteiger partial charge in [-0.25, -0.2) is 8.42 Å². The SMILES string of the molecule is COc1ccc(S(=O)(=O)N2CCCCC2)cc1NC(=O)Cc1cccs1. The number of nitrogens with one attached hydrogen (secondary N) is 1. The predicted molar refractivity (Wildman–Crippen MR) is 102 cm³/mol. The summed E-state index contributed by atoms with van der Waals surface area (Å²) in [6.45, 7) is 1.07. The quantitative estimate of drug-likeness (QED) is 0.817. The highest BCUT2D eigenvalue weighted by atomic mass is 32.2. The normalized spacial score (nSPS) is 15.6. The van der Waals surface area contributed by atoms with E-state index in [0.29, 0.717) is 24.5 Å². The highest BCUT2D eigenvalue weighted by molar-refractivity contribution is 7.89. The molecule has 0 bridgehead atoms. The molecule has 1 aromatic heterocycles. The Labute approximate surface area is 157 Å². The largest absolute Gasteiger partial charge is 0.495 e. The first kappa shape index (κ1) is 18.9. The zero-order valence-electron chi connectivity index (χ0n) is 14.6. The van der Waals surface area contributed by atoms with Crippen LogP contribution in [0.25, 0.3) is 0 Å². The molecule has 3 rings (SSSR count). The Balaban J connectivity index is 1.82. The second-order valence-electron chi connectivity index (χ2n) is 6.13. The van der Waals surface area contributed by atoms with Crippen LogP contribution >= 0.6 is 11.3 Å². The van der Waals surface area contributed by atoms with Gasteiger partial charge in [-0.3, -0.25) is 4.79 Å². The van der Waals surface area contributed by atoms with E-state index in [1.165, 1.54) is 34.9 Å². The third-order valence-corrected chi connectivity index (χ3v) is 7.08. The summed E-state index contributed by atoms with van der Waals surface area (Å²) in [7, 11) is -2.08. The number of methoxy groups -OCH3 is 1. The summed E-state index contributed by atoms with van der Waals surface area (Å²) in [5, 5.41) is 4.69. The molecule has 0 aliphatic carbocycles. The van der Waals surface area contributed by atoms with Crippen molar-refractivity contribution in [3.05, 3.63) is 40.6 Å². The topological polar surface area (TPSA) is 75.7 Å². The van der Waals surface area contributed by atoms with Crippen LogP contribution in [0.4, 0.5) is 5.69 Å². The predicted octanol–water partition coefficient (Wildman–Crippen LogP) is 3.11. The molecule has 1 aromatic carbocycles. The fourth-order valence-electron chi connectivity index (χ4n) is 2.97. The summed E-state index contributed by atoms with van der Waals surface area (Å²) in [5.41, 5.74) is 0.368. The second kappa shape index (κ2) is 8.20. The van der Waals surface area contributed by atoms with Gasteiger partial charge >= 0.3 is 0 Å². The van der Waals surface area contributed by atoms with Crippen molar-refractivity contribution in [2.45, 2.75) is 30.6 Å². The number of benzene rings is 1. The van der Waals surface area contributed by atoms with Gasteiger partial charge in [0.2, 0.25) is 15.9 Å². The van der Waals surface area contributed by atoms with Crippen molar-refractivity contribution < 1.29 is 17.9 Å². The van der Waals surface area contributed by atoms with Crippen LogP contribution in [0.1, 0.15) is 24.1 Å². The second-order valence-corrected chi connectivity index (χ2v) is 9.10. The van der Waals surface area contributed by atoms with Gasteiger partial charge in [-0.1, -0.05) is 12.5 Å². The fourth-order valence-corrected chi connectivity index (χ4v) is 5.21. The van der Waals surface area contributed by atoms with E-state index in [1.54, 1.807) is 6.07 Å². The molecule has 1 amide bonds. The average molecular weight is 395 g/mol. The van der Waals surface area contributed by atoms with E-state index in [2.05, 4.69) is 5.32 Å². The molecule has 2 aromatic rings. The van der Waals surface area contributed by atoms with Gasteiger partial charge in [-0.2, -0.15) is 4.31 Å². The van der Waals surface area contributed by atoms with Crippen LogP contribution in [0.15, 0.2) is 40.6 Å². The summed E-state index contributed by atoms with van der Waals surface area (Å²) < 4.78 is 32.5. The van der Waals surface area contributed by atoms with Crippen LogP contribution < -0.4 is 10.1 Å². The highest BCUT2D eigenvalue weighted by Gasteiger charge is 2.27. The Morgan fingerprint density at radius 2 is 2.00 bits per heavy atom. The van der Waals surface area contributed by atoms with E-state index in [9.17, 15) is 13.2 Å². The third kappa shape index (κ3) is 4.25. The van der Waals surface area contributed by atoms with Crippen molar-refractivity contribution in [3.8, 4) is 5.75 Å². The summed E-state index contributed by atoms with van der Waals surface area (Å²) in [6.07, 6.45) is 3.04. The van der Waals surface area contributed by atoms with Gasteiger partial charge in [0.15, 0.2) is 0 Å². The molecule has 0 radical (unpaired) electrons. The van der Waals surface area contributed by atoms with Crippen LogP contribution in [0.3, 0.4) is 0 Å². The lowest BCUT2D eigenvalue weighted by atomic mass is 10.2. The molecule has 1 aliphatic rings. The standard InChI is InChI=1S/C18H22N2O4S2/c1-24-17-8-7-15(26(22,23)20-9-3-2-4-10-20)13-16(17)19-18(21)12-14-6-5-11-25-14/h5-8,11,13H,2-4,9-10,12H2,1H3,(H,19,21). The van der Waals surface area contributed by atoms with E-state index < -0.39 is 10.0 Å². The Bertz CT molecular complexity index is 857. The summed E-state index contributed by atoms with van der Waals surface area (Å²) in [5.74, 6) is 0.223. The molecule has 0 atom stereocenters. The van der Waals surface area contributed by atoms with Crippen molar-refractivity contribution >= 4 is 33.0 Å². The molecule has 1 N–H and O–H groups in total. The fraction of sp³-hybridized carbons (Fsp3) is 0.389. The number of sulfonamides is 1. The van der Waals surface area contributed by atoms with Crippen LogP contribution in [0.2, 0.25) is 0 Å². The molecule has 8 heteroatoms. The average Bonchev–Trinajstić information content (AvgIpc) is 3.15. The van der Waals surface area contributed by atoms with Crippen molar-refractivity contribution in [1.29, 1.82) is 0 Å². The van der Waals surface area contributed by atoms with Crippen LogP contribution in [0, 0.1) is 0 Å². The van der Waals surface area contributed by atoms with Gasteiger partial charge in [0.1, 0.15) is 5.75 Å². The Morgan fingerprint density at radius 1 is 1.23 bits per heavy atom. The molecule has 2 heterocycles. The van der Waals surface area contributed by atoms with E-state index in [-0.39, 0.29) is 17.2 Å². The summed E-state index contributed by atoms with van der Waals surface area (Å²) in [6, 6.07) is 8.36. The molecule has 0 unspecified atom stereocenters. The number of rotatable bonds is 6. The van der Waals surface area contributed by atoms with E-state index in [1.807, 2.05) is 17.5 Å². The summed E-state index contributed by atoms with van der Waals surface area (Å²) in [4.78, 5) is 13.4. The number of nitrogens with zero attached hydrogens (tertiary/aromatic N) is 1. The maximum Gasteiger partial charge on any atom is 0.243 e. The first-order valence-electron chi connectivity index (χ1n) is 8.51. The zero-order chi connectivity index (χ0) is 18.6. The molecule has 1 fully saturated rings. The lowest BCUT2D eigenvalue weighted by Crippen LogP contribution is -2.35. The number of ether oxygens (including phenoxy) is 1. The minimum Gasteiger partial charge on any atom is -0.495 e. The third-order valence-electron chi connectivity index (χ3n) is 4.31. The molecule has 1 saturated heterocycles. The minimum absolute atomic E-state index is 0.173. The number of amides is 1. The Kier molecular flexibility index (Phi) is 5.95. The van der Waals surface area contributed by atoms with Crippen molar-refractivity contribution in [1.82, 2.24) is 4.31 Å². The highest BCUT2D eigenvalue weighted by Crippen LogP contribution is 2.30. The Morgan fingerprint density at radius 3 is 2.65 bits per heavy atom. The zero-order valence-corrected chi connectivity index (χ0v) is 16.2. The van der Waals surface area contributed by atoms with Gasteiger partial charge in [-0.15, -0.1) is 11.3 Å². The van der Waals surface area contributed by atoms with E-state index >= 15 is 0 Å². The van der Waals surface area contributed by atoms with Crippen LogP contribution in [-0.2, 0) is 21.2 Å². The molecule has 6 nitrogen and oxygen atoms in total. The molecule has 140 valence electrons. The van der Waals surface area contributed by atoms with E-state index in [4.69, 9.17) is 4.74 Å². The molecule has 26 heavy (non-hydrogen) atoms. The van der Waals surface area contributed by atoms with Crippen LogP contribution in [-0.4, -0.2) is 38.8 Å². The monoisotopic (exact) mass is 394 g/mol. The van der Waals surface area contributed by atoms with Crippen molar-refractivity contribution in [2.75, 3.05) is 25.5 Å². The molecular weight excluding hydrogens is 372 g/mol. The van der Waals surface area contributed by atoms with Gasteiger partial charge in [0.25, 0.3) is 0 Å². The first-order chi connectivity index (χ1) is 12.5. The molecule has 0 spiro atoms. The van der Waals surface area contributed by atoms with E-state index in [0.717, 1.165) is 24.1 Å². The van der Waals surface area contributed by atoms with Crippen molar-refractivity contribution in [2.24, 2.45) is 0 Å². The first-order valence-corrected chi connectivity index (χ1v) is 10.8. The Hall–Kier alpha value is -1.90. The number of carbonyl (C=O) groups is 1. The number of hydrogen-bond acceptors (Lipinski definition) is 5. The number of anilines is 1. The summed E-state index contributed by atoms with van der Waals surface area (Å²) >= 11 is 1.50. The number of carbonyl (C=O) groups excluding carboxylic acids is 1. The number of hydrogen-bond donors (Lipinski definition) is 1. The van der Waals surface area contributed by atoms with Gasteiger partial charge in [0, 0.05) is 18.0 Å². The molecule has 0 saturated carbocycles. The van der Waals surface area contributed by atoms with Crippen LogP contribution in [0.5, 0.6) is 5.75 Å². The van der Waals surface area contributed by atoms with Gasteiger partial charge in [-0.05, 0) is 42.5 Å².